The van der Waals surface area contributed by atoms with E-state index in [0.717, 1.165) is 82.1 Å². The van der Waals surface area contributed by atoms with Crippen LogP contribution >= 0.6 is 0 Å². The number of imidazole rings is 1. The van der Waals surface area contributed by atoms with Gasteiger partial charge in [0.15, 0.2) is 0 Å². The smallest absolute Gasteiger partial charge is 0.225 e. The summed E-state index contributed by atoms with van der Waals surface area (Å²) in [5.74, 6) is 1.54. The molecule has 1 N–H and O–H groups in total. The summed E-state index contributed by atoms with van der Waals surface area (Å²) in [6.07, 6.45) is 6.29. The molecule has 6 heteroatoms. The number of hydrogen-bond donors (Lipinski definition) is 1. The maximum Gasteiger partial charge on any atom is 0.225 e. The maximum absolute atomic E-state index is 13.1. The number of benzene rings is 2. The van der Waals surface area contributed by atoms with Crippen LogP contribution in [0, 0.1) is 5.92 Å². The third-order valence-corrected chi connectivity index (χ3v) is 6.91. The number of aromatic nitrogens is 2. The molecule has 2 saturated heterocycles. The Hall–Kier alpha value is -2.96. The number of aromatic amines is 1. The molecule has 0 bridgehead atoms. The normalized spacial score (nSPS) is 19.0. The number of carbonyl (C=O) groups excluding carboxylic acids is 1. The number of piperidine rings is 1. The van der Waals surface area contributed by atoms with Gasteiger partial charge in [-0.05, 0) is 43.6 Å². The highest BCUT2D eigenvalue weighted by atomic mass is 16.2. The average molecular weight is 444 g/mol. The molecule has 0 saturated carbocycles. The number of H-pyrrole nitrogens is 1. The second kappa shape index (κ2) is 10.3. The van der Waals surface area contributed by atoms with Crippen molar-refractivity contribution < 1.29 is 4.79 Å². The van der Waals surface area contributed by atoms with E-state index in [-0.39, 0.29) is 5.92 Å². The lowest BCUT2D eigenvalue weighted by Crippen LogP contribution is -2.51. The van der Waals surface area contributed by atoms with Crippen LogP contribution in [0.2, 0.25) is 0 Å². The molecule has 0 unspecified atom stereocenters. The molecule has 1 amide bonds. The lowest BCUT2D eigenvalue weighted by Gasteiger charge is -2.38. The molecule has 33 heavy (non-hydrogen) atoms. The second-order valence-electron chi connectivity index (χ2n) is 9.19. The van der Waals surface area contributed by atoms with Gasteiger partial charge in [-0.15, -0.1) is 0 Å². The third-order valence-electron chi connectivity index (χ3n) is 6.91. The van der Waals surface area contributed by atoms with Crippen molar-refractivity contribution >= 4 is 23.0 Å². The van der Waals surface area contributed by atoms with Crippen molar-refractivity contribution in [3.05, 3.63) is 72.1 Å². The molecule has 1 aromatic heterocycles. The molecule has 0 spiro atoms. The molecule has 2 fully saturated rings. The van der Waals surface area contributed by atoms with Crippen LogP contribution in [-0.4, -0.2) is 76.4 Å². The topological polar surface area (TPSA) is 55.5 Å². The summed E-state index contributed by atoms with van der Waals surface area (Å²) in [7, 11) is 0. The molecule has 0 radical (unpaired) electrons. The number of amides is 1. The van der Waals surface area contributed by atoms with Gasteiger partial charge in [0.2, 0.25) is 5.91 Å². The zero-order valence-electron chi connectivity index (χ0n) is 19.2. The Bertz CT molecular complexity index is 1040. The molecule has 0 aliphatic carbocycles. The van der Waals surface area contributed by atoms with E-state index in [1.807, 2.05) is 24.3 Å². The number of rotatable bonds is 6. The Morgan fingerprint density at radius 2 is 1.64 bits per heavy atom. The number of fused-ring (bicyclic) bond motifs is 1. The van der Waals surface area contributed by atoms with E-state index in [1.165, 1.54) is 5.56 Å². The number of carbonyl (C=O) groups is 1. The number of piperazine rings is 1. The summed E-state index contributed by atoms with van der Waals surface area (Å²) in [4.78, 5) is 28.2. The first-order valence-corrected chi connectivity index (χ1v) is 12.1. The van der Waals surface area contributed by atoms with E-state index >= 15 is 0 Å². The van der Waals surface area contributed by atoms with Crippen molar-refractivity contribution in [1.82, 2.24) is 24.7 Å². The highest BCUT2D eigenvalue weighted by Gasteiger charge is 2.30. The summed E-state index contributed by atoms with van der Waals surface area (Å²) in [6, 6.07) is 18.6. The minimum Gasteiger partial charge on any atom is -0.341 e. The van der Waals surface area contributed by atoms with Gasteiger partial charge in [-0.25, -0.2) is 4.98 Å². The highest BCUT2D eigenvalue weighted by Crippen LogP contribution is 2.22. The van der Waals surface area contributed by atoms with E-state index in [1.54, 1.807) is 0 Å². The van der Waals surface area contributed by atoms with Gasteiger partial charge in [-0.2, -0.15) is 0 Å². The summed E-state index contributed by atoms with van der Waals surface area (Å²) < 4.78 is 0. The first-order valence-electron chi connectivity index (χ1n) is 12.1. The van der Waals surface area contributed by atoms with Crippen LogP contribution in [0.15, 0.2) is 60.7 Å². The van der Waals surface area contributed by atoms with E-state index in [2.05, 4.69) is 62.2 Å². The van der Waals surface area contributed by atoms with Gasteiger partial charge < -0.3 is 9.88 Å². The molecule has 3 heterocycles. The fourth-order valence-corrected chi connectivity index (χ4v) is 4.94. The first kappa shape index (κ1) is 21.9. The summed E-state index contributed by atoms with van der Waals surface area (Å²) in [5, 5.41) is 0. The number of para-hydroxylation sites is 2. The lowest BCUT2D eigenvalue weighted by molar-refractivity contribution is -0.138. The van der Waals surface area contributed by atoms with E-state index in [4.69, 9.17) is 4.98 Å². The van der Waals surface area contributed by atoms with Crippen LogP contribution in [-0.2, 0) is 11.3 Å². The molecule has 2 aromatic carbocycles. The van der Waals surface area contributed by atoms with Crippen LogP contribution < -0.4 is 0 Å². The summed E-state index contributed by atoms with van der Waals surface area (Å²) in [5.41, 5.74) is 3.34. The van der Waals surface area contributed by atoms with Crippen molar-refractivity contribution in [2.75, 3.05) is 45.8 Å². The Kier molecular flexibility index (Phi) is 6.84. The lowest BCUT2D eigenvalue weighted by atomic mass is 9.95. The predicted molar refractivity (Wildman–Crippen MR) is 133 cm³/mol. The quantitative estimate of drug-likeness (QED) is 0.632. The molecule has 5 rings (SSSR count). The average Bonchev–Trinajstić information content (AvgIpc) is 3.27. The molecule has 2 aliphatic rings. The molecular weight excluding hydrogens is 410 g/mol. The van der Waals surface area contributed by atoms with E-state index in [9.17, 15) is 4.79 Å². The minimum atomic E-state index is 0.168. The van der Waals surface area contributed by atoms with Crippen LogP contribution in [0.3, 0.4) is 0 Å². The fourth-order valence-electron chi connectivity index (χ4n) is 4.94. The van der Waals surface area contributed by atoms with E-state index < -0.39 is 0 Å². The second-order valence-corrected chi connectivity index (χ2v) is 9.19. The largest absolute Gasteiger partial charge is 0.341 e. The van der Waals surface area contributed by atoms with Crippen molar-refractivity contribution in [3.8, 4) is 0 Å². The first-order chi connectivity index (χ1) is 16.2. The Morgan fingerprint density at radius 1 is 0.909 bits per heavy atom. The zero-order valence-corrected chi connectivity index (χ0v) is 19.2. The van der Waals surface area contributed by atoms with Crippen LogP contribution in [0.1, 0.15) is 24.2 Å². The standard InChI is InChI=1S/C27H33N5O/c33-27(32-19-17-30(18-20-32)14-6-9-22-7-2-1-3-8-22)23-12-15-31(16-13-23)21-26-28-24-10-4-5-11-25(24)29-26/h1-11,23H,12-21H2,(H,28,29)/b9-6+. The Morgan fingerprint density at radius 3 is 2.39 bits per heavy atom. The van der Waals surface area contributed by atoms with E-state index in [0.29, 0.717) is 5.91 Å². The number of nitrogens with zero attached hydrogens (tertiary/aromatic N) is 4. The van der Waals surface area contributed by atoms with Gasteiger partial charge >= 0.3 is 0 Å². The Balaban J connectivity index is 1.04. The predicted octanol–water partition coefficient (Wildman–Crippen LogP) is 3.63. The van der Waals surface area contributed by atoms with Gasteiger partial charge in [0, 0.05) is 38.6 Å². The highest BCUT2D eigenvalue weighted by molar-refractivity contribution is 5.79. The van der Waals surface area contributed by atoms with Crippen molar-refractivity contribution in [3.63, 3.8) is 0 Å². The van der Waals surface area contributed by atoms with Crippen molar-refractivity contribution in [2.45, 2.75) is 19.4 Å². The summed E-state index contributed by atoms with van der Waals surface area (Å²) in [6.45, 7) is 7.28. The van der Waals surface area contributed by atoms with Crippen LogP contribution in [0.5, 0.6) is 0 Å². The minimum absolute atomic E-state index is 0.168. The van der Waals surface area contributed by atoms with Gasteiger partial charge in [-0.1, -0.05) is 54.6 Å². The molecule has 172 valence electrons. The van der Waals surface area contributed by atoms with Gasteiger partial charge in [0.05, 0.1) is 17.6 Å². The molecule has 2 aliphatic heterocycles. The van der Waals surface area contributed by atoms with Crippen molar-refractivity contribution in [2.24, 2.45) is 5.92 Å². The van der Waals surface area contributed by atoms with Gasteiger partial charge in [0.25, 0.3) is 0 Å². The third kappa shape index (κ3) is 5.52. The monoisotopic (exact) mass is 443 g/mol. The fraction of sp³-hybridized carbons (Fsp3) is 0.407. The maximum atomic E-state index is 13.1. The molecule has 3 aromatic rings. The number of nitrogens with one attached hydrogen (secondary N) is 1. The molecule has 0 atom stereocenters. The van der Waals surface area contributed by atoms with Gasteiger partial charge in [0.1, 0.15) is 5.82 Å². The van der Waals surface area contributed by atoms with Gasteiger partial charge in [-0.3, -0.25) is 14.6 Å². The summed E-state index contributed by atoms with van der Waals surface area (Å²) >= 11 is 0. The van der Waals surface area contributed by atoms with Crippen LogP contribution in [0.25, 0.3) is 17.1 Å². The number of likely N-dealkylation sites (tertiary alicyclic amines) is 1. The zero-order chi connectivity index (χ0) is 22.5. The Labute approximate surface area is 195 Å². The number of hydrogen-bond acceptors (Lipinski definition) is 4. The molecular formula is C27H33N5O. The molecule has 6 nitrogen and oxygen atoms in total. The van der Waals surface area contributed by atoms with Crippen LogP contribution in [0.4, 0.5) is 0 Å². The SMILES string of the molecule is O=C(C1CCN(Cc2nc3ccccc3[nH]2)CC1)N1CCN(C/C=C/c2ccccc2)CC1. The van der Waals surface area contributed by atoms with Crippen molar-refractivity contribution in [1.29, 1.82) is 0 Å².